The highest BCUT2D eigenvalue weighted by Gasteiger charge is 2.36. The number of rotatable bonds is 3. The van der Waals surface area contributed by atoms with E-state index in [2.05, 4.69) is 184 Å². The summed E-state index contributed by atoms with van der Waals surface area (Å²) in [6.07, 6.45) is 0. The van der Waals surface area contributed by atoms with Crippen LogP contribution in [-0.2, 0) is 5.41 Å². The zero-order chi connectivity index (χ0) is 32.7. The fourth-order valence-corrected chi connectivity index (χ4v) is 8.71. The van der Waals surface area contributed by atoms with Crippen molar-refractivity contribution in [1.82, 2.24) is 0 Å². The molecule has 0 heterocycles. The molecule has 0 aromatic heterocycles. The largest absolute Gasteiger partial charge is 0.0622 e. The zero-order valence-electron chi connectivity index (χ0n) is 27.7. The molecule has 0 amide bonds. The minimum atomic E-state index is -0.104. The lowest BCUT2D eigenvalue weighted by molar-refractivity contribution is 0.661. The van der Waals surface area contributed by atoms with Crippen molar-refractivity contribution in [3.63, 3.8) is 0 Å². The van der Waals surface area contributed by atoms with Gasteiger partial charge in [0, 0.05) is 5.41 Å². The molecule has 49 heavy (non-hydrogen) atoms. The van der Waals surface area contributed by atoms with Crippen LogP contribution in [0.4, 0.5) is 0 Å². The van der Waals surface area contributed by atoms with Crippen molar-refractivity contribution in [2.75, 3.05) is 0 Å². The molecular formula is C49H34. The summed E-state index contributed by atoms with van der Waals surface area (Å²) in [5.41, 5.74) is 13.1. The lowest BCUT2D eigenvalue weighted by Gasteiger charge is -2.23. The Morgan fingerprint density at radius 3 is 1.57 bits per heavy atom. The van der Waals surface area contributed by atoms with Gasteiger partial charge in [-0.1, -0.05) is 166 Å². The van der Waals surface area contributed by atoms with Crippen molar-refractivity contribution in [3.05, 3.63) is 181 Å². The van der Waals surface area contributed by atoms with Crippen LogP contribution in [-0.4, -0.2) is 0 Å². The van der Waals surface area contributed by atoms with E-state index < -0.39 is 0 Å². The van der Waals surface area contributed by atoms with Gasteiger partial charge in [0.25, 0.3) is 0 Å². The van der Waals surface area contributed by atoms with Gasteiger partial charge in [-0.25, -0.2) is 0 Å². The molecule has 0 fully saturated rings. The number of benzene rings is 9. The summed E-state index contributed by atoms with van der Waals surface area (Å²) in [6.45, 7) is 4.78. The quantitative estimate of drug-likeness (QED) is 0.172. The fraction of sp³-hybridized carbons (Fsp3) is 0.0612. The van der Waals surface area contributed by atoms with Gasteiger partial charge >= 0.3 is 0 Å². The van der Waals surface area contributed by atoms with Crippen LogP contribution in [0.2, 0.25) is 0 Å². The van der Waals surface area contributed by atoms with Gasteiger partial charge < -0.3 is 0 Å². The van der Waals surface area contributed by atoms with Gasteiger partial charge in [-0.3, -0.25) is 0 Å². The van der Waals surface area contributed by atoms with Crippen LogP contribution in [0.25, 0.3) is 87.6 Å². The topological polar surface area (TPSA) is 0 Å². The Labute approximate surface area is 286 Å². The van der Waals surface area contributed by atoms with E-state index in [1.165, 1.54) is 98.7 Å². The molecule has 0 saturated heterocycles. The maximum absolute atomic E-state index is 2.49. The predicted molar refractivity (Wildman–Crippen MR) is 210 cm³/mol. The minimum absolute atomic E-state index is 0.104. The molecule has 0 N–H and O–H groups in total. The van der Waals surface area contributed by atoms with Crippen molar-refractivity contribution in [1.29, 1.82) is 0 Å². The Morgan fingerprint density at radius 2 is 0.878 bits per heavy atom. The Morgan fingerprint density at radius 1 is 0.306 bits per heavy atom. The first-order chi connectivity index (χ1) is 24.1. The van der Waals surface area contributed by atoms with Gasteiger partial charge in [0.1, 0.15) is 0 Å². The van der Waals surface area contributed by atoms with Crippen molar-refractivity contribution < 1.29 is 0 Å². The van der Waals surface area contributed by atoms with E-state index in [4.69, 9.17) is 0 Å². The summed E-state index contributed by atoms with van der Waals surface area (Å²) < 4.78 is 0. The molecule has 230 valence electrons. The zero-order valence-corrected chi connectivity index (χ0v) is 27.7. The van der Waals surface area contributed by atoms with Gasteiger partial charge in [-0.15, -0.1) is 0 Å². The van der Waals surface area contributed by atoms with Gasteiger partial charge in [0.05, 0.1) is 0 Å². The van der Waals surface area contributed by atoms with Crippen LogP contribution < -0.4 is 0 Å². The third-order valence-corrected chi connectivity index (χ3v) is 11.0. The first-order valence-electron chi connectivity index (χ1n) is 17.3. The second-order valence-corrected chi connectivity index (χ2v) is 14.0. The Hall–Kier alpha value is -5.98. The highest BCUT2D eigenvalue weighted by atomic mass is 14.4. The molecule has 10 rings (SSSR count). The summed E-state index contributed by atoms with van der Waals surface area (Å²) in [4.78, 5) is 0. The summed E-state index contributed by atoms with van der Waals surface area (Å²) in [5, 5.41) is 10.3. The van der Waals surface area contributed by atoms with Gasteiger partial charge in [0.2, 0.25) is 0 Å². The average Bonchev–Trinajstić information content (AvgIpc) is 3.39. The monoisotopic (exact) mass is 622 g/mol. The van der Waals surface area contributed by atoms with E-state index in [-0.39, 0.29) is 5.41 Å². The number of fused-ring (bicyclic) bond motifs is 8. The Balaban J connectivity index is 1.27. The van der Waals surface area contributed by atoms with Crippen LogP contribution in [0.3, 0.4) is 0 Å². The van der Waals surface area contributed by atoms with Crippen LogP contribution >= 0.6 is 0 Å². The van der Waals surface area contributed by atoms with Gasteiger partial charge in [0.15, 0.2) is 0 Å². The molecule has 0 unspecified atom stereocenters. The third kappa shape index (κ3) is 4.11. The SMILES string of the molecule is CC1(C)c2cc(-c3c4ccccc4c(-c4cc(-c5ccccc5)cc5ccccc45)c4ccccc34)ccc2-c2c1ccc1ccccc21. The lowest BCUT2D eigenvalue weighted by atomic mass is 9.80. The first-order valence-corrected chi connectivity index (χ1v) is 17.3. The van der Waals surface area contributed by atoms with Crippen LogP contribution in [0, 0.1) is 0 Å². The second kappa shape index (κ2) is 10.5. The van der Waals surface area contributed by atoms with E-state index >= 15 is 0 Å². The van der Waals surface area contributed by atoms with Crippen molar-refractivity contribution in [3.8, 4) is 44.5 Å². The summed E-state index contributed by atoms with van der Waals surface area (Å²) >= 11 is 0. The summed E-state index contributed by atoms with van der Waals surface area (Å²) in [5.74, 6) is 0. The molecule has 0 nitrogen and oxygen atoms in total. The third-order valence-electron chi connectivity index (χ3n) is 11.0. The Bertz CT molecular complexity index is 2720. The molecule has 0 radical (unpaired) electrons. The molecule has 0 heteroatoms. The summed E-state index contributed by atoms with van der Waals surface area (Å²) in [6, 6.07) is 63.1. The van der Waals surface area contributed by atoms with E-state index in [0.29, 0.717) is 0 Å². The van der Waals surface area contributed by atoms with Crippen molar-refractivity contribution in [2.45, 2.75) is 19.3 Å². The van der Waals surface area contributed by atoms with Crippen molar-refractivity contribution in [2.24, 2.45) is 0 Å². The lowest BCUT2D eigenvalue weighted by Crippen LogP contribution is -2.15. The maximum Gasteiger partial charge on any atom is 0.0159 e. The maximum atomic E-state index is 2.49. The molecular weight excluding hydrogens is 589 g/mol. The molecule has 0 saturated carbocycles. The smallest absolute Gasteiger partial charge is 0.0159 e. The van der Waals surface area contributed by atoms with Crippen LogP contribution in [0.1, 0.15) is 25.0 Å². The number of hydrogen-bond acceptors (Lipinski definition) is 0. The van der Waals surface area contributed by atoms with E-state index in [1.54, 1.807) is 0 Å². The number of hydrogen-bond donors (Lipinski definition) is 0. The standard InChI is InChI=1S/C49H34/c1-49(2)44-27-25-32-16-6-9-19-37(32)48(44)42-26-24-34(30-45(42)49)46-38-20-10-12-22-40(38)47(41-23-13-11-21-39(41)46)43-29-35(31-14-4-3-5-15-31)28-33-17-7-8-18-36(33)43/h3-30H,1-2H3. The molecule has 1 aliphatic rings. The molecule has 0 bridgehead atoms. The second-order valence-electron chi connectivity index (χ2n) is 14.0. The average molecular weight is 623 g/mol. The van der Waals surface area contributed by atoms with E-state index in [0.717, 1.165) is 0 Å². The fourth-order valence-electron chi connectivity index (χ4n) is 8.71. The van der Waals surface area contributed by atoms with Gasteiger partial charge in [-0.2, -0.15) is 0 Å². The van der Waals surface area contributed by atoms with Crippen LogP contribution in [0.5, 0.6) is 0 Å². The minimum Gasteiger partial charge on any atom is -0.0622 e. The van der Waals surface area contributed by atoms with Crippen molar-refractivity contribution >= 4 is 43.1 Å². The first kappa shape index (κ1) is 28.1. The van der Waals surface area contributed by atoms with Crippen LogP contribution in [0.15, 0.2) is 170 Å². The molecule has 0 spiro atoms. The molecule has 9 aromatic carbocycles. The summed E-state index contributed by atoms with van der Waals surface area (Å²) in [7, 11) is 0. The Kier molecular flexibility index (Phi) is 6.02. The van der Waals surface area contributed by atoms with Gasteiger partial charge in [-0.05, 0) is 117 Å². The molecule has 1 aliphatic carbocycles. The normalized spacial score (nSPS) is 13.3. The predicted octanol–water partition coefficient (Wildman–Crippen LogP) is 13.6. The molecule has 0 aliphatic heterocycles. The highest BCUT2D eigenvalue weighted by Crippen LogP contribution is 2.53. The van der Waals surface area contributed by atoms with E-state index in [9.17, 15) is 0 Å². The molecule has 0 atom stereocenters. The highest BCUT2D eigenvalue weighted by molar-refractivity contribution is 6.24. The molecule has 9 aromatic rings. The van der Waals surface area contributed by atoms with E-state index in [1.807, 2.05) is 0 Å².